The van der Waals surface area contributed by atoms with Crippen LogP contribution in [-0.4, -0.2) is 22.5 Å². The van der Waals surface area contributed by atoms with Crippen LogP contribution < -0.4 is 5.32 Å². The fourth-order valence-electron chi connectivity index (χ4n) is 3.22. The van der Waals surface area contributed by atoms with E-state index < -0.39 is 0 Å². The minimum absolute atomic E-state index is 0.0313. The van der Waals surface area contributed by atoms with Crippen LogP contribution in [0.5, 0.6) is 5.75 Å². The highest BCUT2D eigenvalue weighted by atomic mass is 16.3. The lowest BCUT2D eigenvalue weighted by molar-refractivity contribution is 0.0954. The van der Waals surface area contributed by atoms with Gasteiger partial charge in [0.25, 0.3) is 5.91 Å². The summed E-state index contributed by atoms with van der Waals surface area (Å²) in [6.07, 6.45) is 4.05. The van der Waals surface area contributed by atoms with Gasteiger partial charge >= 0.3 is 0 Å². The molecule has 0 spiro atoms. The molecule has 0 aliphatic heterocycles. The molecule has 2 aromatic carbocycles. The number of hydrogen-bond acceptors (Lipinski definition) is 3. The van der Waals surface area contributed by atoms with Gasteiger partial charge in [0.05, 0.1) is 11.1 Å². The Bertz CT molecular complexity index is 931. The fraction of sp³-hybridized carbons (Fsp3) is 0.273. The molecule has 1 amide bonds. The highest BCUT2D eigenvalue weighted by molar-refractivity contribution is 6.06. The predicted molar refractivity (Wildman–Crippen MR) is 102 cm³/mol. The second kappa shape index (κ2) is 7.16. The molecule has 4 heteroatoms. The van der Waals surface area contributed by atoms with Crippen molar-refractivity contribution in [2.24, 2.45) is 0 Å². The molecule has 26 heavy (non-hydrogen) atoms. The van der Waals surface area contributed by atoms with Gasteiger partial charge in [0, 0.05) is 23.5 Å². The first-order valence-corrected chi connectivity index (χ1v) is 9.16. The topological polar surface area (TPSA) is 62.2 Å². The SMILES string of the molecule is O=C(NCCCc1ccc(O)cc1)c1cc(C2CC2)nc2ccccc12. The molecule has 0 radical (unpaired) electrons. The molecule has 2 N–H and O–H groups in total. The first-order valence-electron chi connectivity index (χ1n) is 9.16. The molecule has 1 heterocycles. The summed E-state index contributed by atoms with van der Waals surface area (Å²) >= 11 is 0. The number of aromatic nitrogens is 1. The number of carbonyl (C=O) groups is 1. The van der Waals surface area contributed by atoms with E-state index in [4.69, 9.17) is 4.98 Å². The van der Waals surface area contributed by atoms with Crippen LogP contribution >= 0.6 is 0 Å². The minimum atomic E-state index is -0.0313. The first kappa shape index (κ1) is 16.6. The van der Waals surface area contributed by atoms with Crippen LogP contribution in [0.2, 0.25) is 0 Å². The summed E-state index contributed by atoms with van der Waals surface area (Å²) in [5, 5.41) is 13.3. The standard InChI is InChI=1S/C22H22N2O2/c25-17-11-7-15(8-12-17)4-3-13-23-22(26)19-14-21(16-9-10-16)24-20-6-2-1-5-18(19)20/h1-2,5-8,11-12,14,16,25H,3-4,9-10,13H2,(H,23,26). The number of hydrogen-bond donors (Lipinski definition) is 2. The van der Waals surface area contributed by atoms with E-state index in [-0.39, 0.29) is 11.7 Å². The van der Waals surface area contributed by atoms with Crippen molar-refractivity contribution in [3.05, 3.63) is 71.4 Å². The van der Waals surface area contributed by atoms with E-state index in [1.807, 2.05) is 42.5 Å². The number of amides is 1. The molecule has 132 valence electrons. The summed E-state index contributed by atoms with van der Waals surface area (Å²) in [4.78, 5) is 17.5. The molecular weight excluding hydrogens is 324 g/mol. The van der Waals surface area contributed by atoms with Crippen molar-refractivity contribution in [3.8, 4) is 5.75 Å². The highest BCUT2D eigenvalue weighted by Crippen LogP contribution is 2.40. The zero-order chi connectivity index (χ0) is 17.9. The van der Waals surface area contributed by atoms with Crippen LogP contribution in [0.15, 0.2) is 54.6 Å². The van der Waals surface area contributed by atoms with E-state index in [0.29, 0.717) is 12.5 Å². The molecule has 0 atom stereocenters. The zero-order valence-corrected chi connectivity index (χ0v) is 14.6. The molecule has 4 nitrogen and oxygen atoms in total. The van der Waals surface area contributed by atoms with E-state index >= 15 is 0 Å². The maximum Gasteiger partial charge on any atom is 0.252 e. The van der Waals surface area contributed by atoms with Gasteiger partial charge in [0.15, 0.2) is 0 Å². The zero-order valence-electron chi connectivity index (χ0n) is 14.6. The molecule has 3 aromatic rings. The lowest BCUT2D eigenvalue weighted by Crippen LogP contribution is -2.25. The summed E-state index contributed by atoms with van der Waals surface area (Å²) in [5.41, 5.74) is 3.81. The highest BCUT2D eigenvalue weighted by Gasteiger charge is 2.26. The summed E-state index contributed by atoms with van der Waals surface area (Å²) in [5.74, 6) is 0.759. The Morgan fingerprint density at radius 3 is 2.65 bits per heavy atom. The van der Waals surface area contributed by atoms with Crippen molar-refractivity contribution in [3.63, 3.8) is 0 Å². The number of aromatic hydroxyl groups is 1. The molecule has 4 rings (SSSR count). The molecule has 1 saturated carbocycles. The second-order valence-electron chi connectivity index (χ2n) is 6.91. The number of carbonyl (C=O) groups excluding carboxylic acids is 1. The summed E-state index contributed by atoms with van der Waals surface area (Å²) in [6, 6.07) is 17.0. The van der Waals surface area contributed by atoms with Gasteiger partial charge in [-0.05, 0) is 55.5 Å². The lowest BCUT2D eigenvalue weighted by Gasteiger charge is -2.10. The first-order chi connectivity index (χ1) is 12.7. The predicted octanol–water partition coefficient (Wildman–Crippen LogP) is 4.18. The van der Waals surface area contributed by atoms with Gasteiger partial charge in [0.2, 0.25) is 0 Å². The number of fused-ring (bicyclic) bond motifs is 1. The quantitative estimate of drug-likeness (QED) is 0.658. The van der Waals surface area contributed by atoms with Crippen molar-refractivity contribution < 1.29 is 9.90 Å². The van der Waals surface area contributed by atoms with Crippen LogP contribution in [0, 0.1) is 0 Å². The van der Waals surface area contributed by atoms with E-state index in [1.54, 1.807) is 12.1 Å². The van der Waals surface area contributed by atoms with Gasteiger partial charge in [0.1, 0.15) is 5.75 Å². The van der Waals surface area contributed by atoms with Crippen molar-refractivity contribution in [1.29, 1.82) is 0 Å². The van der Waals surface area contributed by atoms with Crippen molar-refractivity contribution >= 4 is 16.8 Å². The number of aryl methyl sites for hydroxylation is 1. The van der Waals surface area contributed by atoms with E-state index in [0.717, 1.165) is 40.6 Å². The van der Waals surface area contributed by atoms with Crippen LogP contribution in [0.25, 0.3) is 10.9 Å². The Hall–Kier alpha value is -2.88. The van der Waals surface area contributed by atoms with Gasteiger partial charge < -0.3 is 10.4 Å². The number of phenolic OH excluding ortho intramolecular Hbond substituents is 1. The molecule has 0 bridgehead atoms. The average molecular weight is 346 g/mol. The number of phenols is 1. The number of benzene rings is 2. The molecular formula is C22H22N2O2. The van der Waals surface area contributed by atoms with Gasteiger partial charge in [-0.15, -0.1) is 0 Å². The Morgan fingerprint density at radius 2 is 1.88 bits per heavy atom. The molecule has 1 aliphatic rings. The largest absolute Gasteiger partial charge is 0.508 e. The molecule has 0 unspecified atom stereocenters. The molecule has 1 fully saturated rings. The Labute approximate surface area is 152 Å². The maximum atomic E-state index is 12.7. The van der Waals surface area contributed by atoms with Gasteiger partial charge in [-0.25, -0.2) is 0 Å². The number of rotatable bonds is 6. The number of pyridine rings is 1. The van der Waals surface area contributed by atoms with Crippen LogP contribution in [0.4, 0.5) is 0 Å². The summed E-state index contributed by atoms with van der Waals surface area (Å²) < 4.78 is 0. The maximum absolute atomic E-state index is 12.7. The van der Waals surface area contributed by atoms with Gasteiger partial charge in [-0.2, -0.15) is 0 Å². The summed E-state index contributed by atoms with van der Waals surface area (Å²) in [7, 11) is 0. The van der Waals surface area contributed by atoms with E-state index in [9.17, 15) is 9.90 Å². The normalized spacial score (nSPS) is 13.7. The number of nitrogens with one attached hydrogen (secondary N) is 1. The monoisotopic (exact) mass is 346 g/mol. The second-order valence-corrected chi connectivity index (χ2v) is 6.91. The summed E-state index contributed by atoms with van der Waals surface area (Å²) in [6.45, 7) is 0.620. The smallest absolute Gasteiger partial charge is 0.252 e. The number of para-hydroxylation sites is 1. The Kier molecular flexibility index (Phi) is 4.57. The van der Waals surface area contributed by atoms with Crippen LogP contribution in [-0.2, 0) is 6.42 Å². The van der Waals surface area contributed by atoms with Crippen LogP contribution in [0.3, 0.4) is 0 Å². The molecule has 1 aromatic heterocycles. The van der Waals surface area contributed by atoms with Crippen molar-refractivity contribution in [2.45, 2.75) is 31.6 Å². The fourth-order valence-corrected chi connectivity index (χ4v) is 3.22. The third kappa shape index (κ3) is 3.69. The van der Waals surface area contributed by atoms with Crippen LogP contribution in [0.1, 0.15) is 46.8 Å². The average Bonchev–Trinajstić information content (AvgIpc) is 3.51. The van der Waals surface area contributed by atoms with Crippen molar-refractivity contribution in [2.75, 3.05) is 6.54 Å². The molecule has 1 aliphatic carbocycles. The third-order valence-corrected chi connectivity index (χ3v) is 4.84. The Morgan fingerprint density at radius 1 is 1.12 bits per heavy atom. The van der Waals surface area contributed by atoms with Gasteiger partial charge in [-0.3, -0.25) is 9.78 Å². The third-order valence-electron chi connectivity index (χ3n) is 4.84. The van der Waals surface area contributed by atoms with Crippen molar-refractivity contribution in [1.82, 2.24) is 10.3 Å². The van der Waals surface area contributed by atoms with Gasteiger partial charge in [-0.1, -0.05) is 30.3 Å². The molecule has 0 saturated heterocycles. The lowest BCUT2D eigenvalue weighted by atomic mass is 10.1. The minimum Gasteiger partial charge on any atom is -0.508 e. The number of nitrogens with zero attached hydrogens (tertiary/aromatic N) is 1. The van der Waals surface area contributed by atoms with E-state index in [1.165, 1.54) is 12.8 Å². The Balaban J connectivity index is 1.43. The van der Waals surface area contributed by atoms with E-state index in [2.05, 4.69) is 5.32 Å².